The molecule has 51 heavy (non-hydrogen) atoms. The summed E-state index contributed by atoms with van der Waals surface area (Å²) >= 11 is 8.76. The smallest absolute Gasteiger partial charge is 0.355 e. The van der Waals surface area contributed by atoms with Gasteiger partial charge in [0.1, 0.15) is 17.2 Å². The number of carbonyl (C=O) groups is 1. The van der Waals surface area contributed by atoms with Crippen LogP contribution >= 0.6 is 23.4 Å². The normalized spacial score (nSPS) is 12.7. The number of hydrogen-bond acceptors (Lipinski definition) is 7. The Hall–Kier alpha value is -4.44. The number of benzene rings is 4. The molecule has 0 saturated heterocycles. The summed E-state index contributed by atoms with van der Waals surface area (Å²) < 4.78 is 21.3. The second kappa shape index (κ2) is 15.4. The number of halogens is 1. The van der Waals surface area contributed by atoms with E-state index in [1.807, 2.05) is 59.6 Å². The average molecular weight is 724 g/mol. The van der Waals surface area contributed by atoms with Crippen LogP contribution in [0.4, 0.5) is 0 Å². The number of aliphatic hydroxyl groups is 1. The highest BCUT2D eigenvalue weighted by Crippen LogP contribution is 2.43. The van der Waals surface area contributed by atoms with Crippen LogP contribution < -0.4 is 9.47 Å². The first kappa shape index (κ1) is 35.0. The topological polar surface area (TPSA) is 87.7 Å². The van der Waals surface area contributed by atoms with Crippen LogP contribution in [0.3, 0.4) is 0 Å². The molecule has 4 aromatic carbocycles. The number of nitrogens with zero attached hydrogens (tertiary/aromatic N) is 3. The van der Waals surface area contributed by atoms with Crippen molar-refractivity contribution >= 4 is 51.0 Å². The van der Waals surface area contributed by atoms with Crippen molar-refractivity contribution in [1.82, 2.24) is 14.3 Å². The lowest BCUT2D eigenvalue weighted by molar-refractivity contribution is 0.0514. The summed E-state index contributed by atoms with van der Waals surface area (Å²) in [5.41, 5.74) is 6.80. The van der Waals surface area contributed by atoms with Gasteiger partial charge in [0.25, 0.3) is 0 Å². The van der Waals surface area contributed by atoms with Crippen molar-refractivity contribution in [2.45, 2.75) is 62.8 Å². The molecule has 0 amide bonds. The molecule has 0 fully saturated rings. The van der Waals surface area contributed by atoms with Crippen LogP contribution in [0, 0.1) is 0 Å². The SMILES string of the molecule is CCOC(=O)c1c(CCCOc2cc(SCc3ccc(OC)cc3)cc3ccccc23)c2ccc(Cl)c(-c3c(CO)nn4c3CCCC4)c2n1C. The molecule has 0 atom stereocenters. The van der Waals surface area contributed by atoms with Crippen molar-refractivity contribution in [3.05, 3.63) is 106 Å². The average Bonchev–Trinajstić information content (AvgIpc) is 3.67. The maximum atomic E-state index is 13.6. The summed E-state index contributed by atoms with van der Waals surface area (Å²) in [6.07, 6.45) is 4.21. The Morgan fingerprint density at radius 3 is 2.63 bits per heavy atom. The molecule has 0 aliphatic carbocycles. The van der Waals surface area contributed by atoms with Gasteiger partial charge in [-0.2, -0.15) is 5.10 Å². The van der Waals surface area contributed by atoms with Crippen molar-refractivity contribution in [2.75, 3.05) is 20.3 Å². The number of hydrogen-bond donors (Lipinski definition) is 1. The standard InChI is InChI=1S/C41H42ClN3O5S/c1-4-49-41(47)40-31(32-18-19-33(42)37(39(32)44(40)2)38-34(24-46)43-45-20-8-7-13-35(38)45)12-9-21-50-36-23-29(22-27-10-5-6-11-30(27)36)51-25-26-14-16-28(48-3)17-15-26/h5-6,10-11,14-19,22-23,46H,4,7-9,12-13,20-21,24-25H2,1-3H3. The number of thioether (sulfide) groups is 1. The van der Waals surface area contributed by atoms with Crippen LogP contribution in [0.2, 0.25) is 5.02 Å². The maximum absolute atomic E-state index is 13.6. The summed E-state index contributed by atoms with van der Waals surface area (Å²) in [5.74, 6) is 2.14. The molecule has 0 radical (unpaired) electrons. The Morgan fingerprint density at radius 2 is 1.84 bits per heavy atom. The van der Waals surface area contributed by atoms with E-state index >= 15 is 0 Å². The molecule has 3 heterocycles. The van der Waals surface area contributed by atoms with Gasteiger partial charge in [-0.05, 0) is 85.9 Å². The Morgan fingerprint density at radius 1 is 1.02 bits per heavy atom. The minimum atomic E-state index is -0.374. The second-order valence-electron chi connectivity index (χ2n) is 12.8. The van der Waals surface area contributed by atoms with E-state index in [0.29, 0.717) is 35.9 Å². The van der Waals surface area contributed by atoms with Gasteiger partial charge in [0.15, 0.2) is 0 Å². The highest BCUT2D eigenvalue weighted by Gasteiger charge is 2.29. The second-order valence-corrected chi connectivity index (χ2v) is 14.2. The van der Waals surface area contributed by atoms with Gasteiger partial charge in [-0.25, -0.2) is 4.79 Å². The predicted molar refractivity (Wildman–Crippen MR) is 204 cm³/mol. The largest absolute Gasteiger partial charge is 0.497 e. The van der Waals surface area contributed by atoms with Gasteiger partial charge in [0.05, 0.1) is 43.2 Å². The third kappa shape index (κ3) is 6.95. The lowest BCUT2D eigenvalue weighted by Crippen LogP contribution is -2.13. The van der Waals surface area contributed by atoms with Gasteiger partial charge in [0, 0.05) is 51.8 Å². The molecule has 0 spiro atoms. The van der Waals surface area contributed by atoms with E-state index in [1.165, 1.54) is 5.56 Å². The molecule has 1 aliphatic heterocycles. The number of esters is 1. The number of aliphatic hydroxyl groups excluding tert-OH is 1. The lowest BCUT2D eigenvalue weighted by Gasteiger charge is -2.16. The van der Waals surface area contributed by atoms with Crippen molar-refractivity contribution < 1.29 is 24.1 Å². The van der Waals surface area contributed by atoms with Crippen molar-refractivity contribution in [3.8, 4) is 22.6 Å². The summed E-state index contributed by atoms with van der Waals surface area (Å²) in [5, 5.41) is 18.8. The number of fused-ring (bicyclic) bond motifs is 3. The fraction of sp³-hybridized carbons (Fsp3) is 0.317. The van der Waals surface area contributed by atoms with E-state index < -0.39 is 0 Å². The number of ether oxygens (including phenoxy) is 3. The van der Waals surface area contributed by atoms with Gasteiger partial charge < -0.3 is 23.9 Å². The fourth-order valence-electron chi connectivity index (χ4n) is 7.27. The molecular weight excluding hydrogens is 682 g/mol. The molecular formula is C41H42ClN3O5S. The highest BCUT2D eigenvalue weighted by atomic mass is 35.5. The monoisotopic (exact) mass is 723 g/mol. The Kier molecular flexibility index (Phi) is 10.6. The molecule has 0 unspecified atom stereocenters. The van der Waals surface area contributed by atoms with Gasteiger partial charge >= 0.3 is 5.97 Å². The zero-order chi connectivity index (χ0) is 35.5. The lowest BCUT2D eigenvalue weighted by atomic mass is 9.95. The van der Waals surface area contributed by atoms with Crippen LogP contribution in [-0.4, -0.2) is 45.7 Å². The summed E-state index contributed by atoms with van der Waals surface area (Å²) in [7, 11) is 3.57. The van der Waals surface area contributed by atoms with Gasteiger partial charge in [-0.15, -0.1) is 11.8 Å². The molecule has 1 aliphatic rings. The summed E-state index contributed by atoms with van der Waals surface area (Å²) in [4.78, 5) is 14.7. The van der Waals surface area contributed by atoms with Crippen LogP contribution in [0.15, 0.2) is 77.7 Å². The van der Waals surface area contributed by atoms with E-state index in [1.54, 1.807) is 18.9 Å². The fourth-order valence-corrected chi connectivity index (χ4v) is 8.44. The summed E-state index contributed by atoms with van der Waals surface area (Å²) in [6.45, 7) is 3.15. The minimum absolute atomic E-state index is 0.197. The number of rotatable bonds is 13. The first-order valence-electron chi connectivity index (χ1n) is 17.5. The van der Waals surface area contributed by atoms with Gasteiger partial charge in [-0.3, -0.25) is 4.68 Å². The van der Waals surface area contributed by atoms with Crippen LogP contribution in [-0.2, 0) is 43.5 Å². The molecule has 6 aromatic rings. The van der Waals surface area contributed by atoms with E-state index in [4.69, 9.17) is 30.9 Å². The van der Waals surface area contributed by atoms with E-state index in [-0.39, 0.29) is 19.2 Å². The van der Waals surface area contributed by atoms with E-state index in [9.17, 15) is 9.90 Å². The third-order valence-corrected chi connectivity index (χ3v) is 11.0. The molecule has 0 bridgehead atoms. The molecule has 2 aromatic heterocycles. The third-order valence-electron chi connectivity index (χ3n) is 9.63. The molecule has 8 nitrogen and oxygen atoms in total. The number of aryl methyl sites for hydroxylation is 3. The van der Waals surface area contributed by atoms with Crippen molar-refractivity contribution in [1.29, 1.82) is 0 Å². The molecule has 1 N–H and O–H groups in total. The van der Waals surface area contributed by atoms with Crippen LogP contribution in [0.1, 0.15) is 59.2 Å². The number of methoxy groups -OCH3 is 1. The Bertz CT molecular complexity index is 2210. The Labute approximate surface area is 307 Å². The Balaban J connectivity index is 1.18. The van der Waals surface area contributed by atoms with E-state index in [2.05, 4.69) is 36.4 Å². The quantitative estimate of drug-likeness (QED) is 0.0723. The van der Waals surface area contributed by atoms with E-state index in [0.717, 1.165) is 92.0 Å². The predicted octanol–water partition coefficient (Wildman–Crippen LogP) is 9.17. The molecule has 0 saturated carbocycles. The first-order valence-corrected chi connectivity index (χ1v) is 18.9. The minimum Gasteiger partial charge on any atom is -0.497 e. The zero-order valence-corrected chi connectivity index (χ0v) is 30.8. The van der Waals surface area contributed by atoms with Crippen LogP contribution in [0.5, 0.6) is 11.5 Å². The number of aromatic nitrogens is 3. The molecule has 264 valence electrons. The van der Waals surface area contributed by atoms with Gasteiger partial charge in [0.2, 0.25) is 0 Å². The van der Waals surface area contributed by atoms with Crippen molar-refractivity contribution in [3.63, 3.8) is 0 Å². The number of carbonyl (C=O) groups excluding carboxylic acids is 1. The molecule has 7 rings (SSSR count). The van der Waals surface area contributed by atoms with Gasteiger partial charge in [-0.1, -0.05) is 54.1 Å². The van der Waals surface area contributed by atoms with Crippen molar-refractivity contribution in [2.24, 2.45) is 7.05 Å². The summed E-state index contributed by atoms with van der Waals surface area (Å²) in [6, 6.07) is 24.7. The molecule has 10 heteroatoms. The van der Waals surface area contributed by atoms with Crippen LogP contribution in [0.25, 0.3) is 32.8 Å². The zero-order valence-electron chi connectivity index (χ0n) is 29.2. The maximum Gasteiger partial charge on any atom is 0.355 e. The first-order chi connectivity index (χ1) is 24.9. The highest BCUT2D eigenvalue weighted by molar-refractivity contribution is 7.98.